The number of hydrogen-bond acceptors (Lipinski definition) is 20. The fraction of sp³-hybridized carbons (Fsp3) is 0.911. The molecule has 0 aliphatic carbocycles. The Hall–Kier alpha value is -2.53. The van der Waals surface area contributed by atoms with Gasteiger partial charge in [-0.3, -0.25) is 9.59 Å². The minimum atomic E-state index is -3.08. The second-order valence-corrected chi connectivity index (χ2v) is 21.9. The maximum Gasteiger partial charge on any atom is 0.364 e. The molecule has 0 radical (unpaired) electrons. The van der Waals surface area contributed by atoms with Crippen LogP contribution < -0.4 is 10.6 Å². The van der Waals surface area contributed by atoms with E-state index in [0.717, 1.165) is 51.9 Å². The summed E-state index contributed by atoms with van der Waals surface area (Å²) >= 11 is 0. The number of rotatable bonds is 42. The summed E-state index contributed by atoms with van der Waals surface area (Å²) in [6.45, 7) is 2.07. The number of ether oxygens (including phenoxy) is 6. The van der Waals surface area contributed by atoms with Gasteiger partial charge in [0.2, 0.25) is 11.8 Å². The number of nitrogens with one attached hydrogen (secondary N) is 2. The van der Waals surface area contributed by atoms with Gasteiger partial charge < -0.3 is 100 Å². The molecule has 14 N–H and O–H groups in total. The van der Waals surface area contributed by atoms with Crippen molar-refractivity contribution in [2.45, 2.75) is 298 Å². The van der Waals surface area contributed by atoms with Crippen molar-refractivity contribution in [2.24, 2.45) is 0 Å². The molecule has 0 aromatic carbocycles. The van der Waals surface area contributed by atoms with Gasteiger partial charge in [-0.2, -0.15) is 0 Å². The lowest BCUT2D eigenvalue weighted by Crippen LogP contribution is -2.70. The van der Waals surface area contributed by atoms with Crippen molar-refractivity contribution in [1.29, 1.82) is 0 Å². The Labute approximate surface area is 467 Å². The van der Waals surface area contributed by atoms with Crippen molar-refractivity contribution in [3.05, 3.63) is 12.2 Å². The molecular weight excluding hydrogens is 1040 g/mol. The smallest absolute Gasteiger partial charge is 0.364 e. The van der Waals surface area contributed by atoms with Crippen molar-refractivity contribution in [3.63, 3.8) is 0 Å². The average molecular weight is 1140 g/mol. The van der Waals surface area contributed by atoms with E-state index in [9.17, 15) is 75.7 Å². The number of carboxylic acids is 1. The Morgan fingerprint density at radius 3 is 1.68 bits per heavy atom. The zero-order chi connectivity index (χ0) is 58.3. The highest BCUT2D eigenvalue weighted by Crippen LogP contribution is 2.38. The van der Waals surface area contributed by atoms with E-state index in [1.807, 2.05) is 6.08 Å². The van der Waals surface area contributed by atoms with Gasteiger partial charge in [0.1, 0.15) is 67.1 Å². The molecule has 0 spiro atoms. The molecule has 3 saturated heterocycles. The molecule has 2 amide bonds. The third-order valence-corrected chi connectivity index (χ3v) is 15.2. The van der Waals surface area contributed by atoms with Gasteiger partial charge >= 0.3 is 5.97 Å². The number of carbonyl (C=O) groups is 3. The first kappa shape index (κ1) is 70.7. The molecule has 18 unspecified atom stereocenters. The number of allylic oxidation sites excluding steroid dienone is 1. The fourth-order valence-electron chi connectivity index (χ4n) is 10.4. The Morgan fingerprint density at radius 1 is 0.658 bits per heavy atom. The minimum absolute atomic E-state index is 0.204. The van der Waals surface area contributed by atoms with Gasteiger partial charge in [0.25, 0.3) is 5.79 Å². The van der Waals surface area contributed by atoms with Crippen molar-refractivity contribution in [2.75, 3.05) is 26.4 Å². The molecule has 0 aromatic heterocycles. The Morgan fingerprint density at radius 2 is 1.18 bits per heavy atom. The Kier molecular flexibility index (Phi) is 35.0. The lowest BCUT2D eigenvalue weighted by atomic mass is 9.88. The van der Waals surface area contributed by atoms with Crippen LogP contribution in [0, 0.1) is 0 Å². The molecule has 3 aliphatic heterocycles. The van der Waals surface area contributed by atoms with E-state index in [4.69, 9.17) is 28.4 Å². The summed E-state index contributed by atoms with van der Waals surface area (Å²) in [7, 11) is 0. The summed E-state index contributed by atoms with van der Waals surface area (Å²) in [5.74, 6) is -6.14. The number of amides is 2. The van der Waals surface area contributed by atoms with Gasteiger partial charge in [0.05, 0.1) is 50.7 Å². The fourth-order valence-corrected chi connectivity index (χ4v) is 10.4. The maximum absolute atomic E-state index is 13.3. The second-order valence-electron chi connectivity index (χ2n) is 21.9. The summed E-state index contributed by atoms with van der Waals surface area (Å²) < 4.78 is 34.6. The van der Waals surface area contributed by atoms with E-state index in [-0.39, 0.29) is 12.3 Å². The number of hydrogen-bond donors (Lipinski definition) is 14. The lowest BCUT2D eigenvalue weighted by molar-refractivity contribution is -0.386. The molecule has 23 heteroatoms. The van der Waals surface area contributed by atoms with Gasteiger partial charge in [-0.1, -0.05) is 161 Å². The van der Waals surface area contributed by atoms with E-state index in [1.165, 1.54) is 96.3 Å². The van der Waals surface area contributed by atoms with E-state index in [0.29, 0.717) is 12.8 Å². The lowest BCUT2D eigenvalue weighted by Gasteiger charge is -2.50. The first-order chi connectivity index (χ1) is 37.9. The Balaban J connectivity index is 1.69. The highest BCUT2D eigenvalue weighted by Gasteiger charge is 2.60. The largest absolute Gasteiger partial charge is 0.477 e. The monoisotopic (exact) mass is 1140 g/mol. The SMILES string of the molecule is CCCCCCCCCCC/C=C/C(O)C(COC1OC(CO)C(OC2OC(CO)C(O)C(OC3(C(=O)O)CC(O)C(NC(C)=O)C(C(O)C(O)CO)O3)C2O)C(O)C1O)NC(=O)CCCCCCCCCCCCCCCC. The van der Waals surface area contributed by atoms with E-state index >= 15 is 0 Å². The number of unbranched alkanes of at least 4 members (excludes halogenated alkanes) is 22. The predicted molar refractivity (Wildman–Crippen MR) is 288 cm³/mol. The molecule has 3 aliphatic rings. The van der Waals surface area contributed by atoms with Crippen molar-refractivity contribution in [1.82, 2.24) is 10.6 Å². The summed E-state index contributed by atoms with van der Waals surface area (Å²) in [5.41, 5.74) is 0. The second kappa shape index (κ2) is 39.1. The molecule has 3 fully saturated rings. The van der Waals surface area contributed by atoms with Crippen molar-refractivity contribution in [3.8, 4) is 0 Å². The van der Waals surface area contributed by atoms with Gasteiger partial charge in [-0.15, -0.1) is 0 Å². The van der Waals surface area contributed by atoms with Crippen LogP contribution in [0.3, 0.4) is 0 Å². The molecule has 3 heterocycles. The maximum atomic E-state index is 13.3. The zero-order valence-corrected chi connectivity index (χ0v) is 47.2. The molecule has 0 saturated carbocycles. The number of carboxylic acid groups (broad SMARTS) is 1. The topological polar surface area (TPSA) is 373 Å². The molecule has 18 atom stereocenters. The first-order valence-corrected chi connectivity index (χ1v) is 29.6. The number of aliphatic hydroxyl groups excluding tert-OH is 11. The van der Waals surface area contributed by atoms with Crippen LogP contribution in [0.25, 0.3) is 0 Å². The van der Waals surface area contributed by atoms with Crippen LogP contribution in [0.1, 0.15) is 188 Å². The quantitative estimate of drug-likeness (QED) is 0.0307. The summed E-state index contributed by atoms with van der Waals surface area (Å²) in [6.07, 6.45) is 1.52. The van der Waals surface area contributed by atoms with E-state index < -0.39 is 155 Å². The Bertz CT molecular complexity index is 1680. The third kappa shape index (κ3) is 23.9. The molecule has 0 bridgehead atoms. The third-order valence-electron chi connectivity index (χ3n) is 15.2. The van der Waals surface area contributed by atoms with Crippen molar-refractivity contribution >= 4 is 17.8 Å². The molecule has 0 aromatic rings. The molecule has 462 valence electrons. The van der Waals surface area contributed by atoms with Crippen LogP contribution in [-0.4, -0.2) is 215 Å². The zero-order valence-electron chi connectivity index (χ0n) is 47.2. The normalized spacial score (nSPS) is 30.9. The van der Waals surface area contributed by atoms with Gasteiger partial charge in [-0.25, -0.2) is 4.79 Å². The molecular formula is C56H102N2O21. The van der Waals surface area contributed by atoms with E-state index in [2.05, 4.69) is 24.5 Å². The van der Waals surface area contributed by atoms with Crippen LogP contribution in [0.15, 0.2) is 12.2 Å². The van der Waals surface area contributed by atoms with Gasteiger partial charge in [0, 0.05) is 19.8 Å². The van der Waals surface area contributed by atoms with Crippen LogP contribution >= 0.6 is 0 Å². The highest BCUT2D eigenvalue weighted by atomic mass is 16.8. The van der Waals surface area contributed by atoms with Gasteiger partial charge in [-0.05, 0) is 19.3 Å². The molecule has 3 rings (SSSR count). The van der Waals surface area contributed by atoms with E-state index in [1.54, 1.807) is 6.08 Å². The molecule has 79 heavy (non-hydrogen) atoms. The minimum Gasteiger partial charge on any atom is -0.477 e. The van der Waals surface area contributed by atoms with Crippen LogP contribution in [0.2, 0.25) is 0 Å². The summed E-state index contributed by atoms with van der Waals surface area (Å²) in [5, 5.41) is 135. The molecule has 23 nitrogen and oxygen atoms in total. The first-order valence-electron chi connectivity index (χ1n) is 29.6. The summed E-state index contributed by atoms with van der Waals surface area (Å²) in [6, 6.07) is -2.61. The standard InChI is InChI=1S/C56H102N2O21/c1-4-6-8-10-12-14-16-17-18-20-22-24-26-28-30-43(66)58-37(38(63)29-27-25-23-21-19-15-13-11-9-7-5-2)35-74-53-48(70)47(69)50(42(34-61)76-53)77-54-49(71)52(46(68)41(33-60)75-54)79-56(55(72)73)31-39(64)44(57-36(3)62)51(78-56)45(67)40(65)32-59/h27,29,37-42,44-54,59-61,63-65,67-71H,4-26,28,30-35H2,1-3H3,(H,57,62)(H,58,66)(H,72,73)/b29-27+. The van der Waals surface area contributed by atoms with Crippen molar-refractivity contribution < 1.29 is 104 Å². The average Bonchev–Trinajstić information content (AvgIpc) is 3.49. The number of aliphatic hydroxyl groups is 11. The van der Waals surface area contributed by atoms with Crippen LogP contribution in [-0.2, 0) is 42.8 Å². The predicted octanol–water partition coefficient (Wildman–Crippen LogP) is 2.00. The highest BCUT2D eigenvalue weighted by molar-refractivity contribution is 5.77. The van der Waals surface area contributed by atoms with Crippen LogP contribution in [0.5, 0.6) is 0 Å². The van der Waals surface area contributed by atoms with Crippen LogP contribution in [0.4, 0.5) is 0 Å². The van der Waals surface area contributed by atoms with Gasteiger partial charge in [0.15, 0.2) is 12.6 Å². The number of aliphatic carboxylic acids is 1. The number of carbonyl (C=O) groups excluding carboxylic acids is 2. The summed E-state index contributed by atoms with van der Waals surface area (Å²) in [4.78, 5) is 38.3.